The van der Waals surface area contributed by atoms with Crippen molar-refractivity contribution in [2.24, 2.45) is 0 Å². The average molecular weight is 582 g/mol. The van der Waals surface area contributed by atoms with Crippen LogP contribution in [0, 0.1) is 0 Å². The quantitative estimate of drug-likeness (QED) is 0.143. The summed E-state index contributed by atoms with van der Waals surface area (Å²) in [5.74, 6) is 0.189. The molecule has 0 aliphatic rings. The molecule has 0 atom stereocenters. The first-order chi connectivity index (χ1) is 18.8. The van der Waals surface area contributed by atoms with E-state index in [0.29, 0.717) is 33.7 Å². The van der Waals surface area contributed by atoms with E-state index in [0.717, 1.165) is 33.8 Å². The second-order valence-electron chi connectivity index (χ2n) is 8.36. The Balaban J connectivity index is 1.47. The normalized spacial score (nSPS) is 11.6. The van der Waals surface area contributed by atoms with Crippen molar-refractivity contribution in [2.75, 3.05) is 14.2 Å². The van der Waals surface area contributed by atoms with Crippen molar-refractivity contribution in [1.29, 1.82) is 0 Å². The van der Waals surface area contributed by atoms with Crippen LogP contribution in [0.4, 0.5) is 0 Å². The zero-order valence-electron chi connectivity index (χ0n) is 20.7. The Hall–Kier alpha value is -3.92. The third kappa shape index (κ3) is 5.90. The number of nitrogens with zero attached hydrogens (tertiary/aromatic N) is 3. The standard InChI is InChI=1S/C28H21Cl2N3O5S/c1-36-20-9-17(10-21(13-20)37-2)26-31-32-28(38-26)39-25(27(34)35)11-18-15-33(24-6-4-3-5-22(18)24)14-16-7-8-19(29)12-23(16)30/h3-13,15H,14H2,1-2H3,(H,34,35)/b25-11-. The molecule has 0 saturated heterocycles. The van der Waals surface area contributed by atoms with E-state index in [9.17, 15) is 9.90 Å². The predicted octanol–water partition coefficient (Wildman–Crippen LogP) is 7.28. The van der Waals surface area contributed by atoms with Gasteiger partial charge in [0.15, 0.2) is 0 Å². The first-order valence-corrected chi connectivity index (χ1v) is 13.1. The van der Waals surface area contributed by atoms with Crippen LogP contribution in [0.5, 0.6) is 11.5 Å². The fourth-order valence-electron chi connectivity index (χ4n) is 4.02. The summed E-state index contributed by atoms with van der Waals surface area (Å²) in [6, 6.07) is 18.3. The number of halogens is 2. The summed E-state index contributed by atoms with van der Waals surface area (Å²) in [5.41, 5.74) is 3.11. The summed E-state index contributed by atoms with van der Waals surface area (Å²) >= 11 is 13.3. The molecule has 39 heavy (non-hydrogen) atoms. The highest BCUT2D eigenvalue weighted by Crippen LogP contribution is 2.34. The predicted molar refractivity (Wildman–Crippen MR) is 152 cm³/mol. The number of methoxy groups -OCH3 is 2. The minimum Gasteiger partial charge on any atom is -0.497 e. The minimum atomic E-state index is -1.12. The van der Waals surface area contributed by atoms with Crippen molar-refractivity contribution < 1.29 is 23.8 Å². The molecule has 0 unspecified atom stereocenters. The topological polar surface area (TPSA) is 99.6 Å². The third-order valence-corrected chi connectivity index (χ3v) is 7.31. The number of carbonyl (C=O) groups is 1. The van der Waals surface area contributed by atoms with E-state index in [4.69, 9.17) is 37.1 Å². The van der Waals surface area contributed by atoms with E-state index in [1.807, 2.05) is 41.1 Å². The molecule has 0 bridgehead atoms. The van der Waals surface area contributed by atoms with Crippen LogP contribution in [0.2, 0.25) is 10.0 Å². The Labute approximate surface area is 237 Å². The van der Waals surface area contributed by atoms with Gasteiger partial charge in [-0.05, 0) is 53.7 Å². The Morgan fingerprint density at radius 1 is 1.05 bits per heavy atom. The number of hydrogen-bond acceptors (Lipinski definition) is 7. The SMILES string of the molecule is COc1cc(OC)cc(-c2nnc(S/C(=C\c3cn(Cc4ccc(Cl)cc4Cl)c4ccccc34)C(=O)O)o2)c1. The van der Waals surface area contributed by atoms with Gasteiger partial charge in [-0.15, -0.1) is 10.2 Å². The largest absolute Gasteiger partial charge is 0.497 e. The zero-order chi connectivity index (χ0) is 27.5. The maximum Gasteiger partial charge on any atom is 0.342 e. The van der Waals surface area contributed by atoms with Gasteiger partial charge in [-0.25, -0.2) is 4.79 Å². The fourth-order valence-corrected chi connectivity index (χ4v) is 5.16. The summed E-state index contributed by atoms with van der Waals surface area (Å²) < 4.78 is 18.4. The molecule has 8 nitrogen and oxygen atoms in total. The van der Waals surface area contributed by atoms with Crippen LogP contribution in [0.3, 0.4) is 0 Å². The summed E-state index contributed by atoms with van der Waals surface area (Å²) in [6.07, 6.45) is 3.48. The van der Waals surface area contributed by atoms with Crippen molar-refractivity contribution in [2.45, 2.75) is 11.8 Å². The lowest BCUT2D eigenvalue weighted by molar-refractivity contribution is -0.131. The Kier molecular flexibility index (Phi) is 7.83. The number of ether oxygens (including phenoxy) is 2. The molecule has 0 amide bonds. The van der Waals surface area contributed by atoms with E-state index in [1.54, 1.807) is 50.6 Å². The number of carboxylic acid groups (broad SMARTS) is 1. The molecule has 5 rings (SSSR count). The zero-order valence-corrected chi connectivity index (χ0v) is 23.0. The Morgan fingerprint density at radius 3 is 2.49 bits per heavy atom. The highest BCUT2D eigenvalue weighted by atomic mass is 35.5. The van der Waals surface area contributed by atoms with Crippen molar-refractivity contribution in [3.05, 3.63) is 92.9 Å². The number of aliphatic carboxylic acids is 1. The summed E-state index contributed by atoms with van der Waals surface area (Å²) in [6.45, 7) is 0.483. The van der Waals surface area contributed by atoms with Gasteiger partial charge < -0.3 is 23.6 Å². The molecule has 1 N–H and O–H groups in total. The molecule has 0 spiro atoms. The van der Waals surface area contributed by atoms with E-state index in [1.165, 1.54) is 0 Å². The summed E-state index contributed by atoms with van der Waals surface area (Å²) in [5, 5.41) is 20.2. The van der Waals surface area contributed by atoms with Crippen LogP contribution in [-0.4, -0.2) is 40.1 Å². The van der Waals surface area contributed by atoms with Gasteiger partial charge in [0, 0.05) is 50.9 Å². The molecule has 2 heterocycles. The van der Waals surface area contributed by atoms with E-state index >= 15 is 0 Å². The molecule has 0 fully saturated rings. The lowest BCUT2D eigenvalue weighted by atomic mass is 10.1. The van der Waals surface area contributed by atoms with Crippen LogP contribution in [0.15, 0.2) is 81.4 Å². The highest BCUT2D eigenvalue weighted by Gasteiger charge is 2.18. The van der Waals surface area contributed by atoms with Gasteiger partial charge in [0.05, 0.1) is 14.2 Å². The molecule has 0 aliphatic heterocycles. The maximum atomic E-state index is 12.2. The molecular formula is C28H21Cl2N3O5S. The lowest BCUT2D eigenvalue weighted by Crippen LogP contribution is -1.98. The molecular weight excluding hydrogens is 561 g/mol. The maximum absolute atomic E-state index is 12.2. The molecule has 0 aliphatic carbocycles. The number of thioether (sulfide) groups is 1. The third-order valence-electron chi connectivity index (χ3n) is 5.87. The van der Waals surface area contributed by atoms with Crippen molar-refractivity contribution in [3.63, 3.8) is 0 Å². The smallest absolute Gasteiger partial charge is 0.342 e. The number of hydrogen-bond donors (Lipinski definition) is 1. The molecule has 198 valence electrons. The molecule has 11 heteroatoms. The average Bonchev–Trinajstić information content (AvgIpc) is 3.54. The molecule has 2 aromatic heterocycles. The summed E-state index contributed by atoms with van der Waals surface area (Å²) in [4.78, 5) is 12.2. The fraction of sp³-hybridized carbons (Fsp3) is 0.107. The van der Waals surface area contributed by atoms with Crippen molar-refractivity contribution in [3.8, 4) is 23.0 Å². The van der Waals surface area contributed by atoms with Crippen LogP contribution in [0.1, 0.15) is 11.1 Å². The van der Waals surface area contributed by atoms with E-state index in [2.05, 4.69) is 10.2 Å². The van der Waals surface area contributed by atoms with Gasteiger partial charge >= 0.3 is 5.97 Å². The Morgan fingerprint density at radius 2 is 1.79 bits per heavy atom. The van der Waals surface area contributed by atoms with Gasteiger partial charge in [0.2, 0.25) is 5.89 Å². The van der Waals surface area contributed by atoms with Gasteiger partial charge in [-0.2, -0.15) is 0 Å². The lowest BCUT2D eigenvalue weighted by Gasteiger charge is -2.08. The summed E-state index contributed by atoms with van der Waals surface area (Å²) in [7, 11) is 3.08. The number of rotatable bonds is 9. The van der Waals surface area contributed by atoms with Crippen LogP contribution >= 0.6 is 35.0 Å². The van der Waals surface area contributed by atoms with Crippen molar-refractivity contribution >= 4 is 57.9 Å². The van der Waals surface area contributed by atoms with Gasteiger partial charge in [0.25, 0.3) is 5.22 Å². The second kappa shape index (κ2) is 11.4. The number of aromatic nitrogens is 3. The minimum absolute atomic E-state index is 0.0147. The van der Waals surface area contributed by atoms with Gasteiger partial charge in [0.1, 0.15) is 16.4 Å². The van der Waals surface area contributed by atoms with Crippen molar-refractivity contribution in [1.82, 2.24) is 14.8 Å². The van der Waals surface area contributed by atoms with Gasteiger partial charge in [-0.3, -0.25) is 0 Å². The monoisotopic (exact) mass is 581 g/mol. The number of fused-ring (bicyclic) bond motifs is 1. The van der Waals surface area contributed by atoms with Crippen LogP contribution in [0.25, 0.3) is 28.4 Å². The Bertz CT molecular complexity index is 1690. The molecule has 5 aromatic rings. The first kappa shape index (κ1) is 26.7. The number of para-hydroxylation sites is 1. The van der Waals surface area contributed by atoms with E-state index < -0.39 is 5.97 Å². The van der Waals surface area contributed by atoms with E-state index in [-0.39, 0.29) is 16.0 Å². The van der Waals surface area contributed by atoms with Crippen LogP contribution < -0.4 is 9.47 Å². The first-order valence-electron chi connectivity index (χ1n) is 11.6. The number of benzene rings is 3. The molecule has 0 radical (unpaired) electrons. The van der Waals surface area contributed by atoms with Gasteiger partial charge in [-0.1, -0.05) is 47.5 Å². The highest BCUT2D eigenvalue weighted by molar-refractivity contribution is 8.03. The molecule has 0 saturated carbocycles. The van der Waals surface area contributed by atoms with Crippen LogP contribution in [-0.2, 0) is 11.3 Å². The number of carboxylic acids is 1. The second-order valence-corrected chi connectivity index (χ2v) is 10.2. The molecule has 3 aromatic carbocycles.